The normalized spacial score (nSPS) is 42.3. The summed E-state index contributed by atoms with van der Waals surface area (Å²) in [6, 6.07) is 7.75. The van der Waals surface area contributed by atoms with Gasteiger partial charge in [-0.25, -0.2) is 4.79 Å². The summed E-state index contributed by atoms with van der Waals surface area (Å²) in [5, 5.41) is 65.4. The molecule has 0 bridgehead atoms. The van der Waals surface area contributed by atoms with Crippen LogP contribution in [-0.4, -0.2) is 178 Å². The fraction of sp³-hybridized carbons (Fsp3) is 0.830. The number of benzene rings is 1. The minimum absolute atomic E-state index is 0.102. The van der Waals surface area contributed by atoms with Gasteiger partial charge in [0, 0.05) is 56.9 Å². The van der Waals surface area contributed by atoms with Crippen LogP contribution < -0.4 is 10.6 Å². The zero-order valence-electron chi connectivity index (χ0n) is 40.6. The third kappa shape index (κ3) is 13.3. The molecule has 64 heavy (non-hydrogen) atoms. The van der Waals surface area contributed by atoms with Crippen LogP contribution in [0, 0.1) is 17.8 Å². The van der Waals surface area contributed by atoms with E-state index < -0.39 is 96.0 Å². The van der Waals surface area contributed by atoms with Crippen molar-refractivity contribution in [2.45, 2.75) is 192 Å². The second-order valence-corrected chi connectivity index (χ2v) is 19.8. The van der Waals surface area contributed by atoms with Gasteiger partial charge in [0.2, 0.25) is 0 Å². The predicted octanol–water partition coefficient (Wildman–Crippen LogP) is 3.48. The first-order chi connectivity index (χ1) is 29.9. The molecule has 3 saturated heterocycles. The molecule has 3 fully saturated rings. The zero-order valence-corrected chi connectivity index (χ0v) is 40.6. The van der Waals surface area contributed by atoms with Gasteiger partial charge in [-0.2, -0.15) is 0 Å². The number of para-hydroxylation sites is 1. The van der Waals surface area contributed by atoms with Crippen molar-refractivity contribution in [2.75, 3.05) is 46.2 Å². The highest BCUT2D eigenvalue weighted by molar-refractivity contribution is 5.89. The average Bonchev–Trinajstić information content (AvgIpc) is 3.23. The van der Waals surface area contributed by atoms with Gasteiger partial charge in [0.1, 0.15) is 30.0 Å². The van der Waals surface area contributed by atoms with Crippen molar-refractivity contribution in [3.63, 3.8) is 0 Å². The fourth-order valence-electron chi connectivity index (χ4n) is 10.1. The maximum absolute atomic E-state index is 14.5. The number of amides is 2. The van der Waals surface area contributed by atoms with Crippen molar-refractivity contribution in [3.8, 4) is 0 Å². The lowest BCUT2D eigenvalue weighted by Gasteiger charge is -2.48. The second kappa shape index (κ2) is 23.0. The van der Waals surface area contributed by atoms with E-state index in [0.717, 1.165) is 0 Å². The maximum atomic E-state index is 14.5. The van der Waals surface area contributed by atoms with E-state index >= 15 is 0 Å². The molecule has 7 N–H and O–H groups in total. The number of rotatable bonds is 12. The van der Waals surface area contributed by atoms with Crippen LogP contribution in [0.25, 0.3) is 0 Å². The van der Waals surface area contributed by atoms with Crippen LogP contribution in [0.5, 0.6) is 0 Å². The SMILES string of the molecule is CC[C@H]1OC(=O)[C@H](C)[C@@H](O[C@H]2C[C@@](C)(OC)[C@@H](O)[C@H](C)O2)[C@H](C)[C@@H](O[C@@H]2O[C@H](C)C[C@H](N(C)C)[C@H]2O)[C@](C)(O)C[C@@H](C)CN(CCCNC(=O)Nc2ccccc2)[C@H](C)[C@@H](O)[C@]1(C)O. The Labute approximate surface area is 381 Å². The minimum Gasteiger partial charge on any atom is -0.459 e. The summed E-state index contributed by atoms with van der Waals surface area (Å²) < 4.78 is 38.0. The number of aliphatic hydroxyl groups excluding tert-OH is 3. The van der Waals surface area contributed by atoms with Gasteiger partial charge in [0.05, 0.1) is 41.5 Å². The van der Waals surface area contributed by atoms with Gasteiger partial charge in [0.25, 0.3) is 0 Å². The van der Waals surface area contributed by atoms with Gasteiger partial charge in [-0.1, -0.05) is 39.0 Å². The molecule has 0 aliphatic carbocycles. The predicted molar refractivity (Wildman–Crippen MR) is 241 cm³/mol. The summed E-state index contributed by atoms with van der Waals surface area (Å²) in [5.74, 6) is -2.86. The molecule has 1 aromatic carbocycles. The molecule has 3 aliphatic heterocycles. The summed E-state index contributed by atoms with van der Waals surface area (Å²) >= 11 is 0. The van der Waals surface area contributed by atoms with E-state index in [1.54, 1.807) is 53.7 Å². The van der Waals surface area contributed by atoms with Gasteiger partial charge >= 0.3 is 12.0 Å². The Kier molecular flexibility index (Phi) is 19.4. The van der Waals surface area contributed by atoms with Crippen LogP contribution in [0.2, 0.25) is 0 Å². The third-order valence-corrected chi connectivity index (χ3v) is 14.0. The van der Waals surface area contributed by atoms with E-state index in [4.69, 9.17) is 28.4 Å². The summed E-state index contributed by atoms with van der Waals surface area (Å²) in [6.45, 7) is 18.5. The molecule has 3 aliphatic rings. The van der Waals surface area contributed by atoms with Crippen LogP contribution in [0.3, 0.4) is 0 Å². The molecule has 1 aromatic rings. The number of likely N-dealkylation sites (N-methyl/N-ethyl adjacent to an activating group) is 1. The van der Waals surface area contributed by atoms with Crippen molar-refractivity contribution >= 4 is 17.7 Å². The van der Waals surface area contributed by atoms with Crippen LogP contribution in [-0.2, 0) is 33.2 Å². The average molecular weight is 911 g/mol. The van der Waals surface area contributed by atoms with Crippen molar-refractivity contribution < 1.29 is 63.5 Å². The van der Waals surface area contributed by atoms with Crippen LogP contribution >= 0.6 is 0 Å². The Hall–Kier alpha value is -2.52. The lowest BCUT2D eigenvalue weighted by molar-refractivity contribution is -0.318. The molecule has 18 atom stereocenters. The largest absolute Gasteiger partial charge is 0.459 e. The molecule has 0 unspecified atom stereocenters. The molecule has 0 saturated carbocycles. The standard InChI is InChI=1S/C47H82N4O13/c1-14-35-47(10,58)39(53)31(6)51(22-18-21-48-44(56)49-33-19-16-15-17-20-33)26-27(2)24-45(8,57)41(64-43-37(52)34(50(11)12)23-28(3)60-43)29(4)38(30(5)42(55)62-35)63-36-25-46(9,59-13)40(54)32(7)61-36/h15-17,19-20,27-32,34-41,43,52-54,57-58H,14,18,21-26H2,1-13H3,(H2,48,49,56)/t27-,28-,29+,30-,31-,32+,34+,35-,36+,37-,38+,39-,40+,41-,43+,45-,46-,47-/m1/s1. The summed E-state index contributed by atoms with van der Waals surface area (Å²) in [6.07, 6.45) is -8.49. The molecule has 0 radical (unpaired) electrons. The number of esters is 1. The molecule has 2 amide bonds. The van der Waals surface area contributed by atoms with E-state index in [0.29, 0.717) is 38.2 Å². The number of hydrogen-bond donors (Lipinski definition) is 7. The first-order valence-electron chi connectivity index (χ1n) is 23.2. The van der Waals surface area contributed by atoms with Crippen molar-refractivity contribution in [2.24, 2.45) is 17.8 Å². The quantitative estimate of drug-likeness (QED) is 0.118. The molecule has 3 heterocycles. The Balaban J connectivity index is 1.75. The molecule has 368 valence electrons. The van der Waals surface area contributed by atoms with Gasteiger partial charge < -0.3 is 69.5 Å². The summed E-state index contributed by atoms with van der Waals surface area (Å²) in [7, 11) is 5.25. The van der Waals surface area contributed by atoms with Gasteiger partial charge in [-0.05, 0) is 106 Å². The highest BCUT2D eigenvalue weighted by Crippen LogP contribution is 2.40. The highest BCUT2D eigenvalue weighted by Gasteiger charge is 2.53. The van der Waals surface area contributed by atoms with E-state index in [1.807, 2.05) is 62.9 Å². The number of carbonyl (C=O) groups excluding carboxylic acids is 2. The molecule has 17 nitrogen and oxygen atoms in total. The molecule has 0 spiro atoms. The van der Waals surface area contributed by atoms with E-state index in [1.165, 1.54) is 14.0 Å². The van der Waals surface area contributed by atoms with E-state index in [9.17, 15) is 35.1 Å². The molecule has 17 heteroatoms. The minimum atomic E-state index is -1.91. The lowest BCUT2D eigenvalue weighted by atomic mass is 9.77. The summed E-state index contributed by atoms with van der Waals surface area (Å²) in [4.78, 5) is 31.1. The number of urea groups is 1. The van der Waals surface area contributed by atoms with Crippen LogP contribution in [0.4, 0.5) is 10.5 Å². The number of hydrogen-bond acceptors (Lipinski definition) is 15. The van der Waals surface area contributed by atoms with Gasteiger partial charge in [-0.15, -0.1) is 0 Å². The second-order valence-electron chi connectivity index (χ2n) is 19.8. The van der Waals surface area contributed by atoms with E-state index in [-0.39, 0.29) is 43.4 Å². The topological polar surface area (TPSA) is 221 Å². The fourth-order valence-corrected chi connectivity index (χ4v) is 10.1. The number of methoxy groups -OCH3 is 1. The maximum Gasteiger partial charge on any atom is 0.319 e. The molecule has 0 aromatic heterocycles. The lowest BCUT2D eigenvalue weighted by Crippen LogP contribution is -2.60. The summed E-state index contributed by atoms with van der Waals surface area (Å²) in [5.41, 5.74) is -3.96. The number of carbonyl (C=O) groups is 2. The number of anilines is 1. The number of aliphatic hydroxyl groups is 5. The molecular weight excluding hydrogens is 829 g/mol. The van der Waals surface area contributed by atoms with Crippen molar-refractivity contribution in [1.29, 1.82) is 0 Å². The first kappa shape index (κ1) is 54.1. The molecular formula is C47H82N4O13. The van der Waals surface area contributed by atoms with Crippen LogP contribution in [0.1, 0.15) is 101 Å². The first-order valence-corrected chi connectivity index (χ1v) is 23.2. The Morgan fingerprint density at radius 3 is 2.22 bits per heavy atom. The number of ether oxygens (including phenoxy) is 6. The van der Waals surface area contributed by atoms with E-state index in [2.05, 4.69) is 10.6 Å². The van der Waals surface area contributed by atoms with Gasteiger partial charge in [-0.3, -0.25) is 9.69 Å². The number of nitrogens with one attached hydrogen (secondary N) is 2. The van der Waals surface area contributed by atoms with Crippen molar-refractivity contribution in [3.05, 3.63) is 30.3 Å². The number of cyclic esters (lactones) is 1. The smallest absolute Gasteiger partial charge is 0.319 e. The highest BCUT2D eigenvalue weighted by atomic mass is 16.7. The van der Waals surface area contributed by atoms with Crippen LogP contribution in [0.15, 0.2) is 30.3 Å². The number of nitrogens with zero attached hydrogens (tertiary/aromatic N) is 2. The molecule has 4 rings (SSSR count). The monoisotopic (exact) mass is 911 g/mol. The van der Waals surface area contributed by atoms with Gasteiger partial charge in [0.15, 0.2) is 12.6 Å². The Morgan fingerprint density at radius 2 is 1.61 bits per heavy atom. The Bertz CT molecular complexity index is 1610. The third-order valence-electron chi connectivity index (χ3n) is 14.0. The zero-order chi connectivity index (χ0) is 47.9. The Morgan fingerprint density at radius 1 is 0.953 bits per heavy atom. The van der Waals surface area contributed by atoms with Crippen molar-refractivity contribution in [1.82, 2.24) is 15.1 Å².